The molecule has 3 atom stereocenters. The lowest BCUT2D eigenvalue weighted by Crippen LogP contribution is -2.54. The van der Waals surface area contributed by atoms with Gasteiger partial charge in [-0.15, -0.1) is 0 Å². The van der Waals surface area contributed by atoms with Gasteiger partial charge in [0.1, 0.15) is 6.04 Å². The van der Waals surface area contributed by atoms with Crippen LogP contribution in [0.1, 0.15) is 46.0 Å². The van der Waals surface area contributed by atoms with Gasteiger partial charge in [0.05, 0.1) is 11.1 Å². The lowest BCUT2D eigenvalue weighted by molar-refractivity contribution is -0.136. The molecule has 27 heavy (non-hydrogen) atoms. The van der Waals surface area contributed by atoms with E-state index < -0.39 is 23.8 Å². The Kier molecular flexibility index (Phi) is 4.53. The highest BCUT2D eigenvalue weighted by Crippen LogP contribution is 2.28. The Morgan fingerprint density at radius 2 is 1.89 bits per heavy atom. The van der Waals surface area contributed by atoms with Crippen LogP contribution in [0, 0.1) is 5.92 Å². The lowest BCUT2D eigenvalue weighted by Gasteiger charge is -2.27. The molecule has 1 aromatic rings. The maximum absolute atomic E-state index is 12.8. The van der Waals surface area contributed by atoms with Crippen LogP contribution < -0.4 is 16.0 Å². The van der Waals surface area contributed by atoms with Gasteiger partial charge >= 0.3 is 0 Å². The van der Waals surface area contributed by atoms with E-state index in [1.807, 2.05) is 6.07 Å². The second kappa shape index (κ2) is 6.86. The Labute approximate surface area is 156 Å². The third-order valence-corrected chi connectivity index (χ3v) is 5.59. The predicted octanol–water partition coefficient (Wildman–Crippen LogP) is -0.215. The summed E-state index contributed by atoms with van der Waals surface area (Å²) in [5, 5.41) is 9.01. The van der Waals surface area contributed by atoms with Gasteiger partial charge in [0.25, 0.3) is 11.8 Å². The first-order chi connectivity index (χ1) is 13.0. The maximum atomic E-state index is 12.8. The van der Waals surface area contributed by atoms with Gasteiger partial charge < -0.3 is 10.6 Å². The summed E-state index contributed by atoms with van der Waals surface area (Å²) in [7, 11) is 0. The van der Waals surface area contributed by atoms with Gasteiger partial charge in [-0.05, 0) is 36.6 Å². The number of carbonyl (C=O) groups is 4. The minimum absolute atomic E-state index is 0.118. The monoisotopic (exact) mass is 370 g/mol. The van der Waals surface area contributed by atoms with E-state index in [0.717, 1.165) is 23.6 Å². The van der Waals surface area contributed by atoms with Crippen LogP contribution in [-0.4, -0.2) is 53.7 Å². The Bertz CT molecular complexity index is 837. The molecule has 0 spiro atoms. The molecule has 3 heterocycles. The van der Waals surface area contributed by atoms with Crippen molar-refractivity contribution < 1.29 is 19.2 Å². The third-order valence-electron chi connectivity index (χ3n) is 5.59. The zero-order valence-corrected chi connectivity index (χ0v) is 15.1. The summed E-state index contributed by atoms with van der Waals surface area (Å²) >= 11 is 0. The van der Waals surface area contributed by atoms with Gasteiger partial charge in [0.2, 0.25) is 11.8 Å². The molecule has 3 aliphatic rings. The van der Waals surface area contributed by atoms with Crippen LogP contribution in [0.25, 0.3) is 0 Å². The first kappa shape index (κ1) is 17.8. The molecule has 8 nitrogen and oxygen atoms in total. The number of imide groups is 2. The van der Waals surface area contributed by atoms with Crippen molar-refractivity contribution >= 4 is 23.6 Å². The predicted molar refractivity (Wildman–Crippen MR) is 95.8 cm³/mol. The van der Waals surface area contributed by atoms with Gasteiger partial charge in [-0.25, -0.2) is 0 Å². The smallest absolute Gasteiger partial charge is 0.262 e. The number of fused-ring (bicyclic) bond motifs is 1. The van der Waals surface area contributed by atoms with Crippen molar-refractivity contribution in [2.24, 2.45) is 5.92 Å². The molecular formula is C19H22N4O4. The van der Waals surface area contributed by atoms with Crippen molar-refractivity contribution in [2.75, 3.05) is 13.1 Å². The van der Waals surface area contributed by atoms with Crippen molar-refractivity contribution in [3.8, 4) is 0 Å². The second-order valence-corrected chi connectivity index (χ2v) is 7.45. The Morgan fingerprint density at radius 1 is 1.11 bits per heavy atom. The number of piperidine rings is 1. The van der Waals surface area contributed by atoms with E-state index in [1.165, 1.54) is 0 Å². The fourth-order valence-corrected chi connectivity index (χ4v) is 3.96. The van der Waals surface area contributed by atoms with Gasteiger partial charge in [-0.1, -0.05) is 13.0 Å². The molecule has 0 radical (unpaired) electrons. The normalized spacial score (nSPS) is 27.9. The SMILES string of the molecule is C[C@H]1CNC[C@H]1NCc1ccc2c(c1)C(=O)N(C1CCC(=O)NC1=O)C2=O. The molecule has 4 rings (SSSR count). The van der Waals surface area contributed by atoms with Crippen LogP contribution in [-0.2, 0) is 16.1 Å². The zero-order valence-electron chi connectivity index (χ0n) is 15.1. The highest BCUT2D eigenvalue weighted by atomic mass is 16.2. The summed E-state index contributed by atoms with van der Waals surface area (Å²) in [5.74, 6) is -1.38. The Balaban J connectivity index is 1.51. The average molecular weight is 370 g/mol. The molecule has 1 unspecified atom stereocenters. The van der Waals surface area contributed by atoms with Crippen molar-refractivity contribution in [1.29, 1.82) is 0 Å². The summed E-state index contributed by atoms with van der Waals surface area (Å²) in [4.78, 5) is 49.9. The number of rotatable bonds is 4. The molecule has 0 aliphatic carbocycles. The number of hydrogen-bond acceptors (Lipinski definition) is 6. The number of nitrogens with one attached hydrogen (secondary N) is 3. The second-order valence-electron chi connectivity index (χ2n) is 7.45. The van der Waals surface area contributed by atoms with Gasteiger partial charge in [-0.2, -0.15) is 0 Å². The highest BCUT2D eigenvalue weighted by Gasteiger charge is 2.44. The quantitative estimate of drug-likeness (QED) is 0.633. The van der Waals surface area contributed by atoms with Crippen LogP contribution in [0.2, 0.25) is 0 Å². The van der Waals surface area contributed by atoms with E-state index in [-0.39, 0.29) is 18.7 Å². The lowest BCUT2D eigenvalue weighted by atomic mass is 10.0. The number of carbonyl (C=O) groups excluding carboxylic acids is 4. The van der Waals surface area contributed by atoms with Crippen LogP contribution in [0.15, 0.2) is 18.2 Å². The minimum atomic E-state index is -0.929. The Hall–Kier alpha value is -2.58. The van der Waals surface area contributed by atoms with Crippen LogP contribution in [0.5, 0.6) is 0 Å². The van der Waals surface area contributed by atoms with Crippen LogP contribution in [0.4, 0.5) is 0 Å². The summed E-state index contributed by atoms with van der Waals surface area (Å²) in [5.41, 5.74) is 1.55. The summed E-state index contributed by atoms with van der Waals surface area (Å²) < 4.78 is 0. The van der Waals surface area contributed by atoms with E-state index in [2.05, 4.69) is 22.9 Å². The molecule has 3 N–H and O–H groups in total. The van der Waals surface area contributed by atoms with E-state index in [0.29, 0.717) is 29.6 Å². The highest BCUT2D eigenvalue weighted by molar-refractivity contribution is 6.23. The summed E-state index contributed by atoms with van der Waals surface area (Å²) in [6.07, 6.45) is 0.281. The third kappa shape index (κ3) is 3.15. The van der Waals surface area contributed by atoms with Crippen LogP contribution >= 0.6 is 0 Å². The molecule has 3 aliphatic heterocycles. The molecule has 2 fully saturated rings. The number of nitrogens with zero attached hydrogens (tertiary/aromatic N) is 1. The number of amides is 4. The topological polar surface area (TPSA) is 108 Å². The fraction of sp³-hybridized carbons (Fsp3) is 0.474. The first-order valence-corrected chi connectivity index (χ1v) is 9.24. The molecule has 0 saturated carbocycles. The zero-order chi connectivity index (χ0) is 19.1. The maximum Gasteiger partial charge on any atom is 0.262 e. The molecule has 2 saturated heterocycles. The minimum Gasteiger partial charge on any atom is -0.315 e. The first-order valence-electron chi connectivity index (χ1n) is 9.24. The molecule has 1 aromatic carbocycles. The number of benzene rings is 1. The molecule has 0 aromatic heterocycles. The van der Waals surface area contributed by atoms with E-state index in [9.17, 15) is 19.2 Å². The van der Waals surface area contributed by atoms with Gasteiger partial charge in [0, 0.05) is 25.6 Å². The molecule has 0 bridgehead atoms. The molecule has 4 amide bonds. The van der Waals surface area contributed by atoms with E-state index >= 15 is 0 Å². The average Bonchev–Trinajstić information content (AvgIpc) is 3.15. The molecule has 8 heteroatoms. The van der Waals surface area contributed by atoms with Gasteiger partial charge in [-0.3, -0.25) is 29.4 Å². The largest absolute Gasteiger partial charge is 0.315 e. The molecule has 142 valence electrons. The fourth-order valence-electron chi connectivity index (χ4n) is 3.96. The standard InChI is InChI=1S/C19H22N4O4/c1-10-7-20-9-14(10)21-8-11-2-3-12-13(6-11)19(27)23(18(12)26)15-4-5-16(24)22-17(15)25/h2-3,6,10,14-15,20-21H,4-5,7-9H2,1H3,(H,22,24,25)/t10-,14+,15?/m0/s1. The Morgan fingerprint density at radius 3 is 2.59 bits per heavy atom. The van der Waals surface area contributed by atoms with Crippen molar-refractivity contribution in [3.05, 3.63) is 34.9 Å². The summed E-state index contributed by atoms with van der Waals surface area (Å²) in [6, 6.07) is 4.64. The van der Waals surface area contributed by atoms with E-state index in [4.69, 9.17) is 0 Å². The number of hydrogen-bond donors (Lipinski definition) is 3. The molecular weight excluding hydrogens is 348 g/mol. The van der Waals surface area contributed by atoms with Crippen molar-refractivity contribution in [3.63, 3.8) is 0 Å². The van der Waals surface area contributed by atoms with Crippen LogP contribution in [0.3, 0.4) is 0 Å². The van der Waals surface area contributed by atoms with Crippen molar-refractivity contribution in [1.82, 2.24) is 20.9 Å². The van der Waals surface area contributed by atoms with Gasteiger partial charge in [0.15, 0.2) is 0 Å². The summed E-state index contributed by atoms with van der Waals surface area (Å²) in [6.45, 7) is 4.67. The van der Waals surface area contributed by atoms with Crippen molar-refractivity contribution in [2.45, 2.75) is 38.4 Å². The van der Waals surface area contributed by atoms with E-state index in [1.54, 1.807) is 12.1 Å².